The zero-order valence-corrected chi connectivity index (χ0v) is 15.6. The Bertz CT molecular complexity index is 958. The number of aromatic amines is 1. The summed E-state index contributed by atoms with van der Waals surface area (Å²) in [4.78, 5) is 26.7. The number of anilines is 1. The fourth-order valence-corrected chi connectivity index (χ4v) is 3.52. The molecule has 3 aromatic heterocycles. The summed E-state index contributed by atoms with van der Waals surface area (Å²) < 4.78 is 0. The van der Waals surface area contributed by atoms with Crippen molar-refractivity contribution in [3.63, 3.8) is 0 Å². The van der Waals surface area contributed by atoms with E-state index in [0.717, 1.165) is 48.3 Å². The van der Waals surface area contributed by atoms with Crippen molar-refractivity contribution in [2.24, 2.45) is 0 Å². The molecule has 1 saturated heterocycles. The van der Waals surface area contributed by atoms with Crippen LogP contribution in [0.2, 0.25) is 0 Å². The molecule has 0 aromatic carbocycles. The molecular weight excluding hydrogens is 340 g/mol. The standard InChI is InChI=1S/C20H24N6O/c1-26(2)20(27)15-4-3-8-22-18(15)16-12-17(24-13-5-9-21-10-6-13)25-19-14(16)7-11-23-19/h3-4,7-8,11-13,21H,5-6,9-10H2,1-2H3,(H2,23,24,25). The first kappa shape index (κ1) is 17.5. The van der Waals surface area contributed by atoms with E-state index in [4.69, 9.17) is 4.98 Å². The minimum absolute atomic E-state index is 0.0635. The second-order valence-corrected chi connectivity index (χ2v) is 7.06. The average molecular weight is 364 g/mol. The molecule has 4 rings (SSSR count). The summed E-state index contributed by atoms with van der Waals surface area (Å²) >= 11 is 0. The summed E-state index contributed by atoms with van der Waals surface area (Å²) in [5.74, 6) is 0.743. The van der Waals surface area contributed by atoms with Crippen LogP contribution < -0.4 is 10.6 Å². The molecule has 1 aliphatic rings. The number of rotatable bonds is 4. The van der Waals surface area contributed by atoms with E-state index in [-0.39, 0.29) is 5.91 Å². The molecule has 140 valence electrons. The average Bonchev–Trinajstić information content (AvgIpc) is 3.16. The van der Waals surface area contributed by atoms with Gasteiger partial charge in [0.05, 0.1) is 11.3 Å². The van der Waals surface area contributed by atoms with Crippen molar-refractivity contribution in [2.45, 2.75) is 18.9 Å². The molecule has 1 amide bonds. The maximum Gasteiger partial charge on any atom is 0.255 e. The van der Waals surface area contributed by atoms with E-state index in [9.17, 15) is 4.79 Å². The number of carbonyl (C=O) groups is 1. The maximum absolute atomic E-state index is 12.7. The van der Waals surface area contributed by atoms with Gasteiger partial charge in [-0.2, -0.15) is 0 Å². The van der Waals surface area contributed by atoms with Crippen LogP contribution in [0.3, 0.4) is 0 Å². The second kappa shape index (κ2) is 7.36. The van der Waals surface area contributed by atoms with Crippen LogP contribution in [0, 0.1) is 0 Å². The third-order valence-corrected chi connectivity index (χ3v) is 4.92. The predicted octanol–water partition coefficient (Wildman–Crippen LogP) is 2.49. The second-order valence-electron chi connectivity index (χ2n) is 7.06. The number of carbonyl (C=O) groups excluding carboxylic acids is 1. The molecule has 1 fully saturated rings. The Balaban J connectivity index is 1.80. The van der Waals surface area contributed by atoms with Crippen LogP contribution in [0.5, 0.6) is 0 Å². The number of nitrogens with zero attached hydrogens (tertiary/aromatic N) is 3. The summed E-state index contributed by atoms with van der Waals surface area (Å²) in [6.45, 7) is 2.02. The Morgan fingerprint density at radius 2 is 2.07 bits per heavy atom. The van der Waals surface area contributed by atoms with Gasteiger partial charge in [-0.3, -0.25) is 9.78 Å². The molecule has 0 unspecified atom stereocenters. The van der Waals surface area contributed by atoms with Crippen molar-refractivity contribution in [3.05, 3.63) is 42.2 Å². The van der Waals surface area contributed by atoms with Crippen LogP contribution in [0.4, 0.5) is 5.82 Å². The normalized spacial score (nSPS) is 15.0. The molecule has 7 heteroatoms. The number of fused-ring (bicyclic) bond motifs is 1. The highest BCUT2D eigenvalue weighted by Gasteiger charge is 2.20. The van der Waals surface area contributed by atoms with Crippen molar-refractivity contribution in [1.29, 1.82) is 0 Å². The van der Waals surface area contributed by atoms with Crippen LogP contribution in [0.15, 0.2) is 36.7 Å². The van der Waals surface area contributed by atoms with Gasteiger partial charge in [-0.25, -0.2) is 4.98 Å². The third kappa shape index (κ3) is 3.50. The number of nitrogens with one attached hydrogen (secondary N) is 3. The zero-order valence-electron chi connectivity index (χ0n) is 15.6. The van der Waals surface area contributed by atoms with Gasteiger partial charge < -0.3 is 20.5 Å². The summed E-state index contributed by atoms with van der Waals surface area (Å²) in [5, 5.41) is 7.88. The number of aromatic nitrogens is 3. The van der Waals surface area contributed by atoms with Crippen molar-refractivity contribution in [1.82, 2.24) is 25.2 Å². The van der Waals surface area contributed by atoms with Gasteiger partial charge in [-0.1, -0.05) is 0 Å². The summed E-state index contributed by atoms with van der Waals surface area (Å²) in [6, 6.07) is 8.00. The van der Waals surface area contributed by atoms with Crippen LogP contribution >= 0.6 is 0 Å². The molecule has 3 aromatic rings. The lowest BCUT2D eigenvalue weighted by Crippen LogP contribution is -2.35. The summed E-state index contributed by atoms with van der Waals surface area (Å²) in [6.07, 6.45) is 5.72. The maximum atomic E-state index is 12.7. The molecule has 0 radical (unpaired) electrons. The first-order chi connectivity index (χ1) is 13.1. The number of amides is 1. The van der Waals surface area contributed by atoms with Crippen molar-refractivity contribution >= 4 is 22.8 Å². The van der Waals surface area contributed by atoms with E-state index < -0.39 is 0 Å². The monoisotopic (exact) mass is 364 g/mol. The number of hydrogen-bond acceptors (Lipinski definition) is 5. The Kier molecular flexibility index (Phi) is 4.77. The largest absolute Gasteiger partial charge is 0.367 e. The summed E-state index contributed by atoms with van der Waals surface area (Å²) in [5.41, 5.74) is 2.96. The van der Waals surface area contributed by atoms with Crippen LogP contribution in [0.25, 0.3) is 22.3 Å². The fraction of sp³-hybridized carbons (Fsp3) is 0.350. The number of hydrogen-bond donors (Lipinski definition) is 3. The van der Waals surface area contributed by atoms with Gasteiger partial charge in [0.2, 0.25) is 0 Å². The SMILES string of the molecule is CN(C)C(=O)c1cccnc1-c1cc(NC2CCNCC2)nc2[nH]ccc12. The highest BCUT2D eigenvalue weighted by atomic mass is 16.2. The van der Waals surface area contributed by atoms with Crippen LogP contribution in [-0.4, -0.2) is 59.0 Å². The van der Waals surface area contributed by atoms with Crippen LogP contribution in [0.1, 0.15) is 23.2 Å². The van der Waals surface area contributed by atoms with Gasteiger partial charge in [0, 0.05) is 43.5 Å². The van der Waals surface area contributed by atoms with E-state index in [1.54, 1.807) is 31.3 Å². The first-order valence-electron chi connectivity index (χ1n) is 9.26. The van der Waals surface area contributed by atoms with Gasteiger partial charge in [0.25, 0.3) is 5.91 Å². The molecule has 0 bridgehead atoms. The molecule has 0 saturated carbocycles. The van der Waals surface area contributed by atoms with E-state index in [1.165, 1.54) is 0 Å². The molecule has 0 atom stereocenters. The first-order valence-corrected chi connectivity index (χ1v) is 9.26. The zero-order chi connectivity index (χ0) is 18.8. The van der Waals surface area contributed by atoms with E-state index in [1.807, 2.05) is 24.4 Å². The molecule has 3 N–H and O–H groups in total. The highest BCUT2D eigenvalue weighted by molar-refractivity contribution is 6.04. The Hall–Kier alpha value is -2.93. The Morgan fingerprint density at radius 3 is 2.85 bits per heavy atom. The molecule has 0 aliphatic carbocycles. The molecule has 4 heterocycles. The predicted molar refractivity (Wildman–Crippen MR) is 107 cm³/mol. The third-order valence-electron chi connectivity index (χ3n) is 4.92. The quantitative estimate of drug-likeness (QED) is 0.662. The summed E-state index contributed by atoms with van der Waals surface area (Å²) in [7, 11) is 3.50. The van der Waals surface area contributed by atoms with Crippen LogP contribution in [-0.2, 0) is 0 Å². The van der Waals surface area contributed by atoms with E-state index in [2.05, 4.69) is 20.6 Å². The van der Waals surface area contributed by atoms with Gasteiger partial charge in [-0.15, -0.1) is 0 Å². The minimum Gasteiger partial charge on any atom is -0.367 e. The lowest BCUT2D eigenvalue weighted by Gasteiger charge is -2.24. The Labute approximate surface area is 158 Å². The van der Waals surface area contributed by atoms with Crippen molar-refractivity contribution < 1.29 is 4.79 Å². The molecule has 7 nitrogen and oxygen atoms in total. The Morgan fingerprint density at radius 1 is 1.26 bits per heavy atom. The smallest absolute Gasteiger partial charge is 0.255 e. The van der Waals surface area contributed by atoms with Crippen molar-refractivity contribution in [3.8, 4) is 11.3 Å². The lowest BCUT2D eigenvalue weighted by atomic mass is 10.0. The lowest BCUT2D eigenvalue weighted by molar-refractivity contribution is 0.0828. The molecular formula is C20H24N6O. The number of pyridine rings is 2. The van der Waals surface area contributed by atoms with Gasteiger partial charge in [0.15, 0.2) is 0 Å². The molecule has 1 aliphatic heterocycles. The minimum atomic E-state index is -0.0635. The number of piperidine rings is 1. The fourth-order valence-electron chi connectivity index (χ4n) is 3.52. The van der Waals surface area contributed by atoms with Gasteiger partial charge in [-0.05, 0) is 50.2 Å². The van der Waals surface area contributed by atoms with Gasteiger partial charge in [0.1, 0.15) is 11.5 Å². The van der Waals surface area contributed by atoms with E-state index in [0.29, 0.717) is 17.3 Å². The van der Waals surface area contributed by atoms with Crippen molar-refractivity contribution in [2.75, 3.05) is 32.5 Å². The van der Waals surface area contributed by atoms with Gasteiger partial charge >= 0.3 is 0 Å². The number of H-pyrrole nitrogens is 1. The molecule has 0 spiro atoms. The highest BCUT2D eigenvalue weighted by Crippen LogP contribution is 2.31. The van der Waals surface area contributed by atoms with E-state index >= 15 is 0 Å². The molecule has 27 heavy (non-hydrogen) atoms. The topological polar surface area (TPSA) is 85.9 Å².